The Kier molecular flexibility index (Phi) is 6.78. The van der Waals surface area contributed by atoms with E-state index in [1.54, 1.807) is 15.9 Å². The van der Waals surface area contributed by atoms with Gasteiger partial charge in [-0.3, -0.25) is 4.79 Å². The van der Waals surface area contributed by atoms with Crippen LogP contribution >= 0.6 is 0 Å². The van der Waals surface area contributed by atoms with E-state index < -0.39 is 5.60 Å². The normalized spacial score (nSPS) is 19.1. The van der Waals surface area contributed by atoms with Crippen LogP contribution < -0.4 is 0 Å². The molecule has 0 atom stereocenters. The third-order valence-corrected chi connectivity index (χ3v) is 7.77. The largest absolute Gasteiger partial charge is 0.456 e. The van der Waals surface area contributed by atoms with Gasteiger partial charge in [0.1, 0.15) is 11.4 Å². The van der Waals surface area contributed by atoms with Crippen LogP contribution in [0.1, 0.15) is 99.9 Å². The summed E-state index contributed by atoms with van der Waals surface area (Å²) in [6.07, 6.45) is 2.70. The van der Waals surface area contributed by atoms with Gasteiger partial charge in [-0.15, -0.1) is 0 Å². The van der Waals surface area contributed by atoms with Gasteiger partial charge in [-0.2, -0.15) is 0 Å². The van der Waals surface area contributed by atoms with Gasteiger partial charge in [-0.1, -0.05) is 39.8 Å². The number of benzene rings is 1. The molecule has 0 unspecified atom stereocenters. The lowest BCUT2D eigenvalue weighted by atomic mass is 9.62. The highest BCUT2D eigenvalue weighted by Gasteiger charge is 2.37. The number of carbonyl (C=O) groups excluding carboxylic acids is 2. The lowest BCUT2D eigenvalue weighted by molar-refractivity contribution is 0.0137. The van der Waals surface area contributed by atoms with E-state index in [4.69, 9.17) is 9.15 Å². The third kappa shape index (κ3) is 5.47. The van der Waals surface area contributed by atoms with Crippen molar-refractivity contribution in [2.75, 3.05) is 26.2 Å². The molecule has 1 aromatic carbocycles. The van der Waals surface area contributed by atoms with E-state index in [1.165, 1.54) is 35.1 Å². The number of amides is 2. The number of nitrogens with zero attached hydrogens (tertiary/aromatic N) is 2. The third-order valence-electron chi connectivity index (χ3n) is 7.77. The number of hydrogen-bond donors (Lipinski definition) is 0. The van der Waals surface area contributed by atoms with E-state index in [0.717, 1.165) is 5.76 Å². The molecule has 1 aliphatic carbocycles. The van der Waals surface area contributed by atoms with Gasteiger partial charge in [-0.25, -0.2) is 4.79 Å². The van der Waals surface area contributed by atoms with Crippen LogP contribution in [-0.4, -0.2) is 53.6 Å². The standard InChI is InChI=1S/C30H42N2O4/c1-20-17-23-24(30(7,8)12-11-29(23,5)6)19-21(20)18-22-9-10-25(35-22)26(33)31-13-15-32(16-14-31)27(34)36-28(2,3)4/h9-10,17,19H,11-16,18H2,1-8H3. The summed E-state index contributed by atoms with van der Waals surface area (Å²) in [6.45, 7) is 18.9. The number of piperazine rings is 1. The van der Waals surface area contributed by atoms with E-state index in [9.17, 15) is 9.59 Å². The summed E-state index contributed by atoms with van der Waals surface area (Å²) in [5.74, 6) is 1.02. The number of furan rings is 1. The fourth-order valence-corrected chi connectivity index (χ4v) is 5.31. The zero-order valence-electron chi connectivity index (χ0n) is 23.3. The Balaban J connectivity index is 1.43. The van der Waals surface area contributed by atoms with Crippen LogP contribution in [0.25, 0.3) is 0 Å². The summed E-state index contributed by atoms with van der Waals surface area (Å²) in [7, 11) is 0. The molecule has 1 saturated heterocycles. The van der Waals surface area contributed by atoms with Gasteiger partial charge in [0.25, 0.3) is 5.91 Å². The molecular weight excluding hydrogens is 452 g/mol. The zero-order valence-corrected chi connectivity index (χ0v) is 23.3. The summed E-state index contributed by atoms with van der Waals surface area (Å²) in [4.78, 5) is 28.8. The average molecular weight is 495 g/mol. The molecule has 2 aromatic rings. The molecule has 0 bridgehead atoms. The van der Waals surface area contributed by atoms with Crippen molar-refractivity contribution in [3.05, 3.63) is 58.0 Å². The van der Waals surface area contributed by atoms with Crippen LogP contribution in [0.4, 0.5) is 4.79 Å². The molecule has 0 N–H and O–H groups in total. The molecule has 2 aliphatic rings. The first kappa shape index (κ1) is 26.3. The molecule has 6 nitrogen and oxygen atoms in total. The molecule has 2 amide bonds. The van der Waals surface area contributed by atoms with Gasteiger partial charge in [0.2, 0.25) is 0 Å². The quantitative estimate of drug-likeness (QED) is 0.508. The van der Waals surface area contributed by atoms with Crippen LogP contribution in [0.3, 0.4) is 0 Å². The van der Waals surface area contributed by atoms with Gasteiger partial charge >= 0.3 is 6.09 Å². The Morgan fingerprint density at radius 2 is 1.47 bits per heavy atom. The first-order valence-corrected chi connectivity index (χ1v) is 13.2. The Morgan fingerprint density at radius 3 is 2.06 bits per heavy atom. The maximum absolute atomic E-state index is 13.1. The highest BCUT2D eigenvalue weighted by molar-refractivity contribution is 5.91. The minimum absolute atomic E-state index is 0.130. The van der Waals surface area contributed by atoms with Crippen molar-refractivity contribution in [1.29, 1.82) is 0 Å². The molecule has 4 rings (SSSR count). The van der Waals surface area contributed by atoms with E-state index in [2.05, 4.69) is 46.8 Å². The molecule has 196 valence electrons. The number of rotatable bonds is 3. The predicted octanol–water partition coefficient (Wildman–Crippen LogP) is 6.22. The van der Waals surface area contributed by atoms with Crippen molar-refractivity contribution in [3.63, 3.8) is 0 Å². The molecule has 1 fully saturated rings. The van der Waals surface area contributed by atoms with Crippen molar-refractivity contribution < 1.29 is 18.7 Å². The molecule has 0 radical (unpaired) electrons. The fraction of sp³-hybridized carbons (Fsp3) is 0.600. The number of ether oxygens (including phenoxy) is 1. The number of aryl methyl sites for hydroxylation is 1. The van der Waals surface area contributed by atoms with Crippen molar-refractivity contribution >= 4 is 12.0 Å². The zero-order chi connectivity index (χ0) is 26.5. The Bertz CT molecular complexity index is 1140. The second-order valence-electron chi connectivity index (χ2n) is 12.8. The SMILES string of the molecule is Cc1cc2c(cc1Cc1ccc(C(=O)N3CCN(C(=O)OC(C)(C)C)CC3)o1)C(C)(C)CCC2(C)C. The first-order chi connectivity index (χ1) is 16.7. The molecule has 0 spiro atoms. The number of fused-ring (bicyclic) bond motifs is 1. The van der Waals surface area contributed by atoms with Crippen LogP contribution in [0, 0.1) is 6.92 Å². The topological polar surface area (TPSA) is 63.0 Å². The summed E-state index contributed by atoms with van der Waals surface area (Å²) in [5, 5.41) is 0. The lowest BCUT2D eigenvalue weighted by Gasteiger charge is -2.42. The first-order valence-electron chi connectivity index (χ1n) is 13.2. The fourth-order valence-electron chi connectivity index (χ4n) is 5.31. The molecule has 1 aliphatic heterocycles. The number of carbonyl (C=O) groups is 2. The molecule has 2 heterocycles. The Hall–Kier alpha value is -2.76. The molecule has 36 heavy (non-hydrogen) atoms. The van der Waals surface area contributed by atoms with E-state index in [1.807, 2.05) is 26.8 Å². The van der Waals surface area contributed by atoms with Gasteiger partial charge in [0, 0.05) is 32.6 Å². The van der Waals surface area contributed by atoms with Crippen LogP contribution in [0.15, 0.2) is 28.7 Å². The summed E-state index contributed by atoms with van der Waals surface area (Å²) >= 11 is 0. The average Bonchev–Trinajstić information content (AvgIpc) is 3.25. The Morgan fingerprint density at radius 1 is 0.917 bits per heavy atom. The Labute approximate surface area is 216 Å². The van der Waals surface area contributed by atoms with Crippen molar-refractivity contribution in [2.45, 2.75) is 91.1 Å². The molecular formula is C30H42N2O4. The minimum atomic E-state index is -0.531. The lowest BCUT2D eigenvalue weighted by Crippen LogP contribution is -2.51. The minimum Gasteiger partial charge on any atom is -0.456 e. The monoisotopic (exact) mass is 494 g/mol. The van der Waals surface area contributed by atoms with Crippen LogP contribution in [0.5, 0.6) is 0 Å². The predicted molar refractivity (Wildman–Crippen MR) is 142 cm³/mol. The summed E-state index contributed by atoms with van der Waals surface area (Å²) in [6, 6.07) is 8.42. The van der Waals surface area contributed by atoms with Crippen molar-refractivity contribution in [2.24, 2.45) is 0 Å². The van der Waals surface area contributed by atoms with Gasteiger partial charge in [-0.05, 0) is 85.8 Å². The molecule has 6 heteroatoms. The van der Waals surface area contributed by atoms with Crippen LogP contribution in [-0.2, 0) is 22.0 Å². The molecule has 0 saturated carbocycles. The van der Waals surface area contributed by atoms with Gasteiger partial charge in [0.05, 0.1) is 0 Å². The van der Waals surface area contributed by atoms with Crippen LogP contribution in [0.2, 0.25) is 0 Å². The molecule has 1 aromatic heterocycles. The van der Waals surface area contributed by atoms with Crippen molar-refractivity contribution in [3.8, 4) is 0 Å². The highest BCUT2D eigenvalue weighted by atomic mass is 16.6. The highest BCUT2D eigenvalue weighted by Crippen LogP contribution is 2.46. The van der Waals surface area contributed by atoms with Crippen molar-refractivity contribution in [1.82, 2.24) is 9.80 Å². The maximum atomic E-state index is 13.1. The van der Waals surface area contributed by atoms with E-state index in [0.29, 0.717) is 38.4 Å². The second kappa shape index (κ2) is 9.28. The van der Waals surface area contributed by atoms with Gasteiger partial charge in [0.15, 0.2) is 5.76 Å². The summed E-state index contributed by atoms with van der Waals surface area (Å²) < 4.78 is 11.5. The van der Waals surface area contributed by atoms with E-state index >= 15 is 0 Å². The smallest absolute Gasteiger partial charge is 0.410 e. The van der Waals surface area contributed by atoms with Gasteiger partial charge < -0.3 is 19.0 Å². The maximum Gasteiger partial charge on any atom is 0.410 e. The van der Waals surface area contributed by atoms with E-state index in [-0.39, 0.29) is 22.8 Å². The number of hydrogen-bond acceptors (Lipinski definition) is 4. The summed E-state index contributed by atoms with van der Waals surface area (Å²) in [5.41, 5.74) is 5.22. The second-order valence-corrected chi connectivity index (χ2v) is 12.8.